The van der Waals surface area contributed by atoms with E-state index in [1.54, 1.807) is 0 Å². The Morgan fingerprint density at radius 3 is 0.930 bits per heavy atom. The largest absolute Gasteiger partial charge is 0.462 e. The number of ether oxygens (including phenoxy) is 3. The molecule has 0 heterocycles. The van der Waals surface area contributed by atoms with Crippen molar-refractivity contribution < 1.29 is 28.6 Å². The lowest BCUT2D eigenvalue weighted by Gasteiger charge is -2.18. The topological polar surface area (TPSA) is 78.9 Å². The van der Waals surface area contributed by atoms with Crippen molar-refractivity contribution in [1.29, 1.82) is 0 Å². The van der Waals surface area contributed by atoms with E-state index < -0.39 is 12.1 Å². The molecule has 0 bridgehead atoms. The summed E-state index contributed by atoms with van der Waals surface area (Å²) in [4.78, 5) is 38.1. The molecule has 0 spiro atoms. The molecule has 0 amide bonds. The van der Waals surface area contributed by atoms with Gasteiger partial charge in [0.1, 0.15) is 13.2 Å². The highest BCUT2D eigenvalue weighted by molar-refractivity contribution is 5.71. The van der Waals surface area contributed by atoms with Gasteiger partial charge in [0.05, 0.1) is 0 Å². The fraction of sp³-hybridized carbons (Fsp3) is 0.677. The number of esters is 3. The van der Waals surface area contributed by atoms with Crippen LogP contribution in [0.4, 0.5) is 0 Å². The molecule has 0 aliphatic rings. The van der Waals surface area contributed by atoms with Gasteiger partial charge in [-0.3, -0.25) is 14.4 Å². The van der Waals surface area contributed by atoms with Crippen LogP contribution in [-0.4, -0.2) is 37.2 Å². The Morgan fingerprint density at radius 1 is 0.296 bits per heavy atom. The summed E-state index contributed by atoms with van der Waals surface area (Å²) in [5, 5.41) is 0. The molecule has 0 aromatic rings. The Morgan fingerprint density at radius 2 is 0.577 bits per heavy atom. The van der Waals surface area contributed by atoms with Crippen LogP contribution in [0.5, 0.6) is 0 Å². The van der Waals surface area contributed by atoms with Crippen molar-refractivity contribution in [3.63, 3.8) is 0 Å². The molecule has 0 N–H and O–H groups in total. The van der Waals surface area contributed by atoms with E-state index in [2.05, 4.69) is 118 Å². The number of unbranched alkanes of at least 4 members (excludes halogenated alkanes) is 23. The predicted molar refractivity (Wildman–Crippen MR) is 307 cm³/mol. The molecule has 0 aliphatic carbocycles. The van der Waals surface area contributed by atoms with E-state index in [1.807, 2.05) is 12.2 Å². The zero-order chi connectivity index (χ0) is 51.4. The molecule has 0 aromatic carbocycles. The van der Waals surface area contributed by atoms with Crippen molar-refractivity contribution in [1.82, 2.24) is 0 Å². The Balaban J connectivity index is 4.29. The van der Waals surface area contributed by atoms with Gasteiger partial charge in [-0.1, -0.05) is 246 Å². The maximum atomic E-state index is 12.8. The molecule has 0 saturated heterocycles. The molecular weight excluding hydrogens is 877 g/mol. The number of carbonyl (C=O) groups excluding carboxylic acids is 3. The number of rotatable bonds is 52. The predicted octanol–water partition coefficient (Wildman–Crippen LogP) is 19.9. The van der Waals surface area contributed by atoms with Crippen molar-refractivity contribution in [2.75, 3.05) is 13.2 Å². The molecule has 0 aliphatic heterocycles. The monoisotopic (exact) mass is 985 g/mol. The van der Waals surface area contributed by atoms with Crippen LogP contribution in [-0.2, 0) is 28.6 Å². The minimum absolute atomic E-state index is 0.109. The molecule has 1 unspecified atom stereocenters. The lowest BCUT2D eigenvalue weighted by molar-refractivity contribution is -0.166. The fourth-order valence-electron chi connectivity index (χ4n) is 7.91. The normalized spacial score (nSPS) is 12.9. The van der Waals surface area contributed by atoms with Crippen LogP contribution >= 0.6 is 0 Å². The van der Waals surface area contributed by atoms with E-state index in [-0.39, 0.29) is 31.6 Å². The first-order valence-corrected chi connectivity index (χ1v) is 29.4. The second-order valence-electron chi connectivity index (χ2n) is 19.1. The van der Waals surface area contributed by atoms with E-state index >= 15 is 0 Å². The van der Waals surface area contributed by atoms with Crippen molar-refractivity contribution in [3.05, 3.63) is 109 Å². The standard InChI is InChI=1S/C65H108O6/c1-4-7-10-13-16-19-22-25-26-27-28-29-30-31-32-33-34-35-36-37-38-41-43-46-49-52-55-58-64(67)70-61-62(71-65(68)59-56-53-50-47-44-40-24-21-18-15-12-9-6-3)60-69-63(66)57-54-51-48-45-42-39-23-20-17-14-11-8-5-2/h7,9-10,12,16,18-21,23,25-26,28-29,40,44,50,53,62H,4-6,8,11,13-15,17,22,24,27,30-39,41-43,45-49,51-52,54-61H2,1-3H3/b10-7-,12-9-,19-16-,21-18-,23-20-,26-25-,29-28-,44-40-,53-50-. The molecule has 0 aromatic heterocycles. The van der Waals surface area contributed by atoms with Gasteiger partial charge in [0.15, 0.2) is 6.10 Å². The molecule has 404 valence electrons. The van der Waals surface area contributed by atoms with Crippen LogP contribution in [0.25, 0.3) is 0 Å². The van der Waals surface area contributed by atoms with Gasteiger partial charge >= 0.3 is 17.9 Å². The molecule has 1 atom stereocenters. The minimum Gasteiger partial charge on any atom is -0.462 e. The van der Waals surface area contributed by atoms with Gasteiger partial charge in [-0.15, -0.1) is 0 Å². The smallest absolute Gasteiger partial charge is 0.306 e. The van der Waals surface area contributed by atoms with Crippen molar-refractivity contribution in [3.8, 4) is 0 Å². The molecule has 6 heteroatoms. The number of carbonyl (C=O) groups is 3. The zero-order valence-corrected chi connectivity index (χ0v) is 46.2. The van der Waals surface area contributed by atoms with Gasteiger partial charge in [0, 0.05) is 19.3 Å². The molecule has 71 heavy (non-hydrogen) atoms. The lowest BCUT2D eigenvalue weighted by atomic mass is 10.0. The minimum atomic E-state index is -0.820. The summed E-state index contributed by atoms with van der Waals surface area (Å²) in [5.41, 5.74) is 0. The molecule has 0 rings (SSSR count). The van der Waals surface area contributed by atoms with E-state index in [1.165, 1.54) is 116 Å². The average molecular weight is 986 g/mol. The first-order chi connectivity index (χ1) is 35.0. The summed E-state index contributed by atoms with van der Waals surface area (Å²) in [6.07, 6.45) is 79.7. The van der Waals surface area contributed by atoms with E-state index in [9.17, 15) is 14.4 Å². The third-order valence-electron chi connectivity index (χ3n) is 12.3. The van der Waals surface area contributed by atoms with Gasteiger partial charge < -0.3 is 14.2 Å². The van der Waals surface area contributed by atoms with Gasteiger partial charge in [-0.25, -0.2) is 0 Å². The fourth-order valence-corrected chi connectivity index (χ4v) is 7.91. The second-order valence-corrected chi connectivity index (χ2v) is 19.1. The molecule has 6 nitrogen and oxygen atoms in total. The van der Waals surface area contributed by atoms with Crippen LogP contribution in [0.15, 0.2) is 109 Å². The zero-order valence-electron chi connectivity index (χ0n) is 46.2. The summed E-state index contributed by atoms with van der Waals surface area (Å²) >= 11 is 0. The lowest BCUT2D eigenvalue weighted by Crippen LogP contribution is -2.30. The molecular formula is C65H108O6. The van der Waals surface area contributed by atoms with Crippen molar-refractivity contribution >= 4 is 17.9 Å². The van der Waals surface area contributed by atoms with Gasteiger partial charge in [0.2, 0.25) is 0 Å². The Labute approximate surface area is 438 Å². The van der Waals surface area contributed by atoms with Crippen LogP contribution in [0.3, 0.4) is 0 Å². The van der Waals surface area contributed by atoms with Crippen molar-refractivity contribution in [2.24, 2.45) is 0 Å². The maximum absolute atomic E-state index is 12.8. The van der Waals surface area contributed by atoms with Crippen LogP contribution < -0.4 is 0 Å². The van der Waals surface area contributed by atoms with Crippen LogP contribution in [0.2, 0.25) is 0 Å². The van der Waals surface area contributed by atoms with Gasteiger partial charge in [-0.05, 0) is 109 Å². The van der Waals surface area contributed by atoms with Crippen molar-refractivity contribution in [2.45, 2.75) is 271 Å². The Bertz CT molecular complexity index is 1460. The number of hydrogen-bond donors (Lipinski definition) is 0. The highest BCUT2D eigenvalue weighted by Crippen LogP contribution is 2.15. The maximum Gasteiger partial charge on any atom is 0.306 e. The highest BCUT2D eigenvalue weighted by Gasteiger charge is 2.19. The Kier molecular flexibility index (Phi) is 55.4. The van der Waals surface area contributed by atoms with E-state index in [0.717, 1.165) is 103 Å². The van der Waals surface area contributed by atoms with E-state index in [4.69, 9.17) is 14.2 Å². The van der Waals surface area contributed by atoms with Crippen LogP contribution in [0, 0.1) is 0 Å². The third-order valence-corrected chi connectivity index (χ3v) is 12.3. The quantitative estimate of drug-likeness (QED) is 0.0261. The Hall–Kier alpha value is -3.93. The highest BCUT2D eigenvalue weighted by atomic mass is 16.6. The van der Waals surface area contributed by atoms with Crippen LogP contribution in [0.1, 0.15) is 265 Å². The summed E-state index contributed by atoms with van der Waals surface area (Å²) in [7, 11) is 0. The second kappa shape index (κ2) is 58.6. The number of allylic oxidation sites excluding steroid dienone is 18. The third kappa shape index (κ3) is 56.9. The molecule has 0 saturated carbocycles. The summed E-state index contributed by atoms with van der Waals surface area (Å²) < 4.78 is 16.8. The summed E-state index contributed by atoms with van der Waals surface area (Å²) in [6.45, 7) is 6.33. The summed E-state index contributed by atoms with van der Waals surface area (Å²) in [5.74, 6) is -1.00. The first kappa shape index (κ1) is 67.1. The van der Waals surface area contributed by atoms with Gasteiger partial charge in [-0.2, -0.15) is 0 Å². The SMILES string of the molecule is CC/C=C\C/C=C\C/C=C\C/C=C\CCCCCCCCCCCCCCCCC(=O)OCC(COC(=O)CCCCCCC/C=C\CCCCCC)OC(=O)CC/C=C\C/C=C\C/C=C\C/C=C\CC. The summed E-state index contributed by atoms with van der Waals surface area (Å²) in [6, 6.07) is 0. The molecule has 0 fully saturated rings. The van der Waals surface area contributed by atoms with E-state index in [0.29, 0.717) is 19.3 Å². The molecule has 0 radical (unpaired) electrons. The number of hydrogen-bond acceptors (Lipinski definition) is 6. The average Bonchev–Trinajstić information content (AvgIpc) is 3.37. The first-order valence-electron chi connectivity index (χ1n) is 29.4. The van der Waals surface area contributed by atoms with Gasteiger partial charge in [0.25, 0.3) is 0 Å².